The average Bonchev–Trinajstić information content (AvgIpc) is 2.74. The Kier molecular flexibility index (Phi) is 3.59. The van der Waals surface area contributed by atoms with Gasteiger partial charge in [-0.25, -0.2) is 0 Å². The molecule has 1 unspecified atom stereocenters. The lowest BCUT2D eigenvalue weighted by atomic mass is 10.0. The lowest BCUT2D eigenvalue weighted by molar-refractivity contribution is 0.525. The Balaban J connectivity index is 2.31. The smallest absolute Gasteiger partial charge is 0.101 e. The van der Waals surface area contributed by atoms with Crippen LogP contribution in [-0.4, -0.2) is 11.5 Å². The second-order valence-corrected chi connectivity index (χ2v) is 4.21. The van der Waals surface area contributed by atoms with E-state index in [1.54, 1.807) is 0 Å². The molecule has 90 valence electrons. The molecular weight excluding hydrogens is 212 g/mol. The largest absolute Gasteiger partial charge is 0.469 e. The molecule has 0 aliphatic heterocycles. The molecule has 0 aliphatic carbocycles. The molecule has 2 rings (SSSR count). The first-order valence-corrected chi connectivity index (χ1v) is 5.91. The Morgan fingerprint density at radius 2 is 2.12 bits per heavy atom. The van der Waals surface area contributed by atoms with Crippen molar-refractivity contribution in [2.75, 3.05) is 6.54 Å². The summed E-state index contributed by atoms with van der Waals surface area (Å²) in [5.74, 6) is 0.933. The summed E-state index contributed by atoms with van der Waals surface area (Å²) in [4.78, 5) is 4.34. The minimum Gasteiger partial charge on any atom is -0.469 e. The molecule has 2 aromatic heterocycles. The van der Waals surface area contributed by atoms with Gasteiger partial charge in [0.15, 0.2) is 0 Å². The van der Waals surface area contributed by atoms with Gasteiger partial charge in [0.05, 0.1) is 12.3 Å². The van der Waals surface area contributed by atoms with E-state index in [4.69, 9.17) is 4.42 Å². The van der Waals surface area contributed by atoms with Crippen molar-refractivity contribution >= 4 is 0 Å². The highest BCUT2D eigenvalue weighted by Gasteiger charge is 2.15. The highest BCUT2D eigenvalue weighted by molar-refractivity contribution is 5.29. The Morgan fingerprint density at radius 3 is 2.65 bits per heavy atom. The molecule has 1 N–H and O–H groups in total. The van der Waals surface area contributed by atoms with Gasteiger partial charge in [0.1, 0.15) is 5.76 Å². The Morgan fingerprint density at radius 1 is 1.29 bits per heavy atom. The summed E-state index contributed by atoms with van der Waals surface area (Å²) in [5, 5.41) is 3.45. The van der Waals surface area contributed by atoms with E-state index in [1.807, 2.05) is 32.4 Å². The molecule has 0 saturated heterocycles. The molecule has 0 aromatic carbocycles. The number of pyridine rings is 1. The summed E-state index contributed by atoms with van der Waals surface area (Å²) < 4.78 is 5.38. The number of aromatic nitrogens is 1. The minimum atomic E-state index is 0.158. The maximum absolute atomic E-state index is 5.38. The van der Waals surface area contributed by atoms with Gasteiger partial charge in [-0.15, -0.1) is 0 Å². The van der Waals surface area contributed by atoms with Gasteiger partial charge in [-0.2, -0.15) is 0 Å². The first-order valence-electron chi connectivity index (χ1n) is 5.91. The number of aryl methyl sites for hydroxylation is 2. The van der Waals surface area contributed by atoms with Gasteiger partial charge in [-0.05, 0) is 38.1 Å². The van der Waals surface area contributed by atoms with Crippen LogP contribution in [0.4, 0.5) is 0 Å². The van der Waals surface area contributed by atoms with Crippen molar-refractivity contribution in [2.45, 2.75) is 26.8 Å². The average molecular weight is 230 g/mol. The van der Waals surface area contributed by atoms with E-state index in [-0.39, 0.29) is 6.04 Å². The summed E-state index contributed by atoms with van der Waals surface area (Å²) in [6, 6.07) is 6.36. The quantitative estimate of drug-likeness (QED) is 0.877. The third-order valence-corrected chi connectivity index (χ3v) is 2.76. The highest BCUT2D eigenvalue weighted by atomic mass is 16.3. The molecule has 0 fully saturated rings. The third kappa shape index (κ3) is 2.74. The van der Waals surface area contributed by atoms with Gasteiger partial charge in [-0.3, -0.25) is 4.98 Å². The summed E-state index contributed by atoms with van der Waals surface area (Å²) in [7, 11) is 0. The van der Waals surface area contributed by atoms with Crippen LogP contribution in [-0.2, 0) is 0 Å². The molecule has 3 heteroatoms. The zero-order chi connectivity index (χ0) is 12.3. The summed E-state index contributed by atoms with van der Waals surface area (Å²) in [6.07, 6.45) is 3.73. The zero-order valence-electron chi connectivity index (χ0n) is 10.5. The van der Waals surface area contributed by atoms with E-state index in [0.29, 0.717) is 0 Å². The molecule has 2 heterocycles. The van der Waals surface area contributed by atoms with Gasteiger partial charge in [0.2, 0.25) is 0 Å². The molecule has 0 amide bonds. The van der Waals surface area contributed by atoms with Crippen LogP contribution in [0.1, 0.15) is 35.5 Å². The van der Waals surface area contributed by atoms with E-state index in [2.05, 4.69) is 29.4 Å². The number of rotatable bonds is 4. The summed E-state index contributed by atoms with van der Waals surface area (Å²) in [5.41, 5.74) is 3.35. The molecule has 3 nitrogen and oxygen atoms in total. The fourth-order valence-electron chi connectivity index (χ4n) is 1.90. The topological polar surface area (TPSA) is 38.1 Å². The van der Waals surface area contributed by atoms with Crippen molar-refractivity contribution in [3.8, 4) is 0 Å². The first-order chi connectivity index (χ1) is 8.20. The molecule has 0 radical (unpaired) electrons. The predicted molar refractivity (Wildman–Crippen MR) is 67.9 cm³/mol. The Hall–Kier alpha value is -1.61. The summed E-state index contributed by atoms with van der Waals surface area (Å²) >= 11 is 0. The lowest BCUT2D eigenvalue weighted by Gasteiger charge is -2.16. The number of hydrogen-bond acceptors (Lipinski definition) is 3. The molecule has 2 aromatic rings. The number of hydrogen-bond donors (Lipinski definition) is 1. The van der Waals surface area contributed by atoms with E-state index in [0.717, 1.165) is 23.6 Å². The summed E-state index contributed by atoms with van der Waals surface area (Å²) in [6.45, 7) is 6.96. The molecule has 17 heavy (non-hydrogen) atoms. The van der Waals surface area contributed by atoms with E-state index in [1.165, 1.54) is 5.56 Å². The van der Waals surface area contributed by atoms with Crippen molar-refractivity contribution in [3.63, 3.8) is 0 Å². The Bertz CT molecular complexity index is 473. The van der Waals surface area contributed by atoms with Crippen LogP contribution < -0.4 is 5.32 Å². The lowest BCUT2D eigenvalue weighted by Crippen LogP contribution is -2.21. The molecule has 0 spiro atoms. The van der Waals surface area contributed by atoms with Crippen LogP contribution in [0.5, 0.6) is 0 Å². The SMILES string of the molecule is CCNC(c1ccc(C)nc1)c1coc(C)c1. The number of nitrogens with zero attached hydrogens (tertiary/aromatic N) is 1. The molecule has 0 bridgehead atoms. The third-order valence-electron chi connectivity index (χ3n) is 2.76. The van der Waals surface area contributed by atoms with Crippen LogP contribution in [0, 0.1) is 13.8 Å². The van der Waals surface area contributed by atoms with Crippen LogP contribution in [0.15, 0.2) is 35.1 Å². The zero-order valence-corrected chi connectivity index (χ0v) is 10.5. The van der Waals surface area contributed by atoms with Gasteiger partial charge in [0.25, 0.3) is 0 Å². The monoisotopic (exact) mass is 230 g/mol. The Labute approximate surface area is 102 Å². The van der Waals surface area contributed by atoms with E-state index in [9.17, 15) is 0 Å². The normalized spacial score (nSPS) is 12.6. The van der Waals surface area contributed by atoms with Crippen molar-refractivity contribution < 1.29 is 4.42 Å². The maximum Gasteiger partial charge on any atom is 0.101 e. The molecule has 0 saturated carbocycles. The van der Waals surface area contributed by atoms with Crippen LogP contribution in [0.25, 0.3) is 0 Å². The van der Waals surface area contributed by atoms with Crippen LogP contribution >= 0.6 is 0 Å². The molecular formula is C14H18N2O. The van der Waals surface area contributed by atoms with Crippen LogP contribution in [0.2, 0.25) is 0 Å². The molecule has 1 atom stereocenters. The number of furan rings is 1. The minimum absolute atomic E-state index is 0.158. The maximum atomic E-state index is 5.38. The highest BCUT2D eigenvalue weighted by Crippen LogP contribution is 2.23. The molecule has 0 aliphatic rings. The number of nitrogens with one attached hydrogen (secondary N) is 1. The van der Waals surface area contributed by atoms with Crippen molar-refractivity contribution in [1.29, 1.82) is 0 Å². The second-order valence-electron chi connectivity index (χ2n) is 4.21. The van der Waals surface area contributed by atoms with Gasteiger partial charge >= 0.3 is 0 Å². The standard InChI is InChI=1S/C14H18N2O/c1-4-15-14(13-7-11(3)17-9-13)12-6-5-10(2)16-8-12/h5-9,14-15H,4H2,1-3H3. The van der Waals surface area contributed by atoms with E-state index < -0.39 is 0 Å². The van der Waals surface area contributed by atoms with Gasteiger partial charge in [-0.1, -0.05) is 13.0 Å². The van der Waals surface area contributed by atoms with Crippen molar-refractivity contribution in [1.82, 2.24) is 10.3 Å². The second kappa shape index (κ2) is 5.15. The fourth-order valence-corrected chi connectivity index (χ4v) is 1.90. The van der Waals surface area contributed by atoms with E-state index >= 15 is 0 Å². The predicted octanol–water partition coefficient (Wildman–Crippen LogP) is 2.99. The van der Waals surface area contributed by atoms with Crippen LogP contribution in [0.3, 0.4) is 0 Å². The van der Waals surface area contributed by atoms with Crippen molar-refractivity contribution in [3.05, 3.63) is 53.2 Å². The van der Waals surface area contributed by atoms with Gasteiger partial charge < -0.3 is 9.73 Å². The fraction of sp³-hybridized carbons (Fsp3) is 0.357. The van der Waals surface area contributed by atoms with Crippen molar-refractivity contribution in [2.24, 2.45) is 0 Å². The van der Waals surface area contributed by atoms with Gasteiger partial charge in [0, 0.05) is 17.5 Å². The first kappa shape index (κ1) is 11.9.